The highest BCUT2D eigenvalue weighted by molar-refractivity contribution is 7.92. The van der Waals surface area contributed by atoms with Crippen molar-refractivity contribution in [2.45, 2.75) is 29.7 Å². The second-order valence-corrected chi connectivity index (χ2v) is 11.0. The average Bonchev–Trinajstić information content (AvgIpc) is 2.79. The normalized spacial score (nSPS) is 11.8. The molecule has 1 amide bonds. The standard InChI is InChI=1S/C23H25N3O6S2/c1-16(2)25-34(30,31)20-13-14-22(32-3)21(15-20)24-23(27)17-9-11-18(12-10-17)26-33(28,29)19-7-5-4-6-8-19/h4-16,25-26H,1-3H3,(H,24,27). The second kappa shape index (κ2) is 10.2. The van der Waals surface area contributed by atoms with Gasteiger partial charge in [-0.15, -0.1) is 0 Å². The summed E-state index contributed by atoms with van der Waals surface area (Å²) in [5, 5.41) is 2.64. The molecule has 180 valence electrons. The molecule has 0 fully saturated rings. The van der Waals surface area contributed by atoms with Crippen molar-refractivity contribution in [2.75, 3.05) is 17.1 Å². The topological polar surface area (TPSA) is 131 Å². The first-order chi connectivity index (χ1) is 16.0. The molecule has 0 aromatic heterocycles. The van der Waals surface area contributed by atoms with E-state index >= 15 is 0 Å². The van der Waals surface area contributed by atoms with Crippen LogP contribution in [-0.2, 0) is 20.0 Å². The number of carbonyl (C=O) groups is 1. The Morgan fingerprint density at radius 2 is 1.47 bits per heavy atom. The Morgan fingerprint density at radius 3 is 2.06 bits per heavy atom. The minimum Gasteiger partial charge on any atom is -0.495 e. The number of ether oxygens (including phenoxy) is 1. The molecule has 3 aromatic carbocycles. The van der Waals surface area contributed by atoms with Crippen molar-refractivity contribution in [3.63, 3.8) is 0 Å². The van der Waals surface area contributed by atoms with Crippen molar-refractivity contribution in [2.24, 2.45) is 0 Å². The van der Waals surface area contributed by atoms with Gasteiger partial charge in [0.1, 0.15) is 5.75 Å². The summed E-state index contributed by atoms with van der Waals surface area (Å²) >= 11 is 0. The molecule has 9 nitrogen and oxygen atoms in total. The smallest absolute Gasteiger partial charge is 0.261 e. The van der Waals surface area contributed by atoms with Crippen molar-refractivity contribution in [1.82, 2.24) is 4.72 Å². The molecule has 0 aliphatic carbocycles. The summed E-state index contributed by atoms with van der Waals surface area (Å²) in [5.74, 6) is -0.244. The number of hydrogen-bond acceptors (Lipinski definition) is 6. The van der Waals surface area contributed by atoms with Crippen LogP contribution in [0.2, 0.25) is 0 Å². The number of amides is 1. The molecular weight excluding hydrogens is 478 g/mol. The number of sulfonamides is 2. The lowest BCUT2D eigenvalue weighted by Crippen LogP contribution is -2.30. The van der Waals surface area contributed by atoms with Crippen molar-refractivity contribution in [3.05, 3.63) is 78.4 Å². The SMILES string of the molecule is COc1ccc(S(=O)(=O)NC(C)C)cc1NC(=O)c1ccc(NS(=O)(=O)c2ccccc2)cc1. The van der Waals surface area contributed by atoms with Gasteiger partial charge in [0, 0.05) is 17.3 Å². The van der Waals surface area contributed by atoms with Gasteiger partial charge in [-0.3, -0.25) is 9.52 Å². The third-order valence-corrected chi connectivity index (χ3v) is 7.63. The van der Waals surface area contributed by atoms with Gasteiger partial charge in [-0.25, -0.2) is 21.6 Å². The number of benzene rings is 3. The van der Waals surface area contributed by atoms with E-state index in [1.54, 1.807) is 32.0 Å². The average molecular weight is 504 g/mol. The number of rotatable bonds is 9. The molecular formula is C23H25N3O6S2. The van der Waals surface area contributed by atoms with Gasteiger partial charge >= 0.3 is 0 Å². The Morgan fingerprint density at radius 1 is 0.824 bits per heavy atom. The molecule has 3 N–H and O–H groups in total. The molecule has 0 aliphatic rings. The van der Waals surface area contributed by atoms with Crippen molar-refractivity contribution in [1.29, 1.82) is 0 Å². The third kappa shape index (κ3) is 6.13. The van der Waals surface area contributed by atoms with Crippen molar-refractivity contribution in [3.8, 4) is 5.75 Å². The lowest BCUT2D eigenvalue weighted by Gasteiger charge is -2.14. The number of methoxy groups -OCH3 is 1. The van der Waals surface area contributed by atoms with Gasteiger partial charge in [0.05, 0.1) is 22.6 Å². The first kappa shape index (κ1) is 25.2. The molecule has 0 aliphatic heterocycles. The Kier molecular flexibility index (Phi) is 7.60. The summed E-state index contributed by atoms with van der Waals surface area (Å²) in [7, 11) is -6.13. The minimum absolute atomic E-state index is 0.0250. The van der Waals surface area contributed by atoms with E-state index in [0.717, 1.165) is 0 Å². The van der Waals surface area contributed by atoms with E-state index in [4.69, 9.17) is 4.74 Å². The molecule has 3 aromatic rings. The van der Waals surface area contributed by atoms with Gasteiger partial charge in [0.25, 0.3) is 15.9 Å². The summed E-state index contributed by atoms with van der Waals surface area (Å²) in [6, 6.07) is 17.6. The van der Waals surface area contributed by atoms with E-state index in [1.165, 1.54) is 61.7 Å². The van der Waals surface area contributed by atoms with Crippen LogP contribution in [0.3, 0.4) is 0 Å². The fourth-order valence-electron chi connectivity index (χ4n) is 3.03. The van der Waals surface area contributed by atoms with Gasteiger partial charge in [0.2, 0.25) is 10.0 Å². The minimum atomic E-state index is -3.78. The maximum Gasteiger partial charge on any atom is 0.261 e. The molecule has 11 heteroatoms. The molecule has 0 saturated carbocycles. The summed E-state index contributed by atoms with van der Waals surface area (Å²) in [5.41, 5.74) is 0.692. The molecule has 0 radical (unpaired) electrons. The van der Waals surface area contributed by atoms with Crippen LogP contribution >= 0.6 is 0 Å². The summed E-state index contributed by atoms with van der Waals surface area (Å²) in [6.45, 7) is 3.40. The van der Waals surface area contributed by atoms with E-state index in [-0.39, 0.29) is 38.5 Å². The van der Waals surface area contributed by atoms with E-state index in [2.05, 4.69) is 14.8 Å². The monoisotopic (exact) mass is 503 g/mol. The number of hydrogen-bond donors (Lipinski definition) is 3. The first-order valence-corrected chi connectivity index (χ1v) is 13.2. The highest BCUT2D eigenvalue weighted by Crippen LogP contribution is 2.28. The summed E-state index contributed by atoms with van der Waals surface area (Å²) in [4.78, 5) is 12.9. The zero-order valence-corrected chi connectivity index (χ0v) is 20.4. The van der Waals surface area contributed by atoms with Crippen LogP contribution in [0.4, 0.5) is 11.4 Å². The van der Waals surface area contributed by atoms with Gasteiger partial charge < -0.3 is 10.1 Å². The van der Waals surface area contributed by atoms with E-state index in [9.17, 15) is 21.6 Å². The molecule has 34 heavy (non-hydrogen) atoms. The Balaban J connectivity index is 1.79. The van der Waals surface area contributed by atoms with E-state index < -0.39 is 26.0 Å². The quantitative estimate of drug-likeness (QED) is 0.410. The highest BCUT2D eigenvalue weighted by atomic mass is 32.2. The van der Waals surface area contributed by atoms with Crippen molar-refractivity contribution >= 4 is 37.3 Å². The predicted octanol–water partition coefficient (Wildman–Crippen LogP) is 3.44. The third-order valence-electron chi connectivity index (χ3n) is 4.57. The zero-order valence-electron chi connectivity index (χ0n) is 18.8. The largest absolute Gasteiger partial charge is 0.495 e. The van der Waals surface area contributed by atoms with E-state index in [0.29, 0.717) is 0 Å². The number of anilines is 2. The molecule has 0 unspecified atom stereocenters. The number of nitrogens with one attached hydrogen (secondary N) is 3. The Hall–Kier alpha value is -3.41. The van der Waals surface area contributed by atoms with Gasteiger partial charge in [-0.1, -0.05) is 18.2 Å². The maximum absolute atomic E-state index is 12.8. The van der Waals surface area contributed by atoms with Crippen LogP contribution in [0.5, 0.6) is 5.75 Å². The predicted molar refractivity (Wildman–Crippen MR) is 130 cm³/mol. The lowest BCUT2D eigenvalue weighted by molar-refractivity contribution is 0.102. The van der Waals surface area contributed by atoms with Gasteiger partial charge in [-0.2, -0.15) is 0 Å². The molecule has 0 heterocycles. The molecule has 0 saturated heterocycles. The van der Waals surface area contributed by atoms with Crippen LogP contribution in [0, 0.1) is 0 Å². The number of carbonyl (C=O) groups excluding carboxylic acids is 1. The van der Waals surface area contributed by atoms with Crippen LogP contribution in [0.25, 0.3) is 0 Å². The van der Waals surface area contributed by atoms with Crippen LogP contribution in [-0.4, -0.2) is 35.9 Å². The summed E-state index contributed by atoms with van der Waals surface area (Å²) < 4.78 is 60.1. The van der Waals surface area contributed by atoms with Crippen LogP contribution < -0.4 is 19.5 Å². The molecule has 0 spiro atoms. The Labute approximate surface area is 199 Å². The van der Waals surface area contributed by atoms with Gasteiger partial charge in [-0.05, 0) is 68.4 Å². The first-order valence-electron chi connectivity index (χ1n) is 10.2. The fourth-order valence-corrected chi connectivity index (χ4v) is 5.38. The highest BCUT2D eigenvalue weighted by Gasteiger charge is 2.19. The second-order valence-electron chi connectivity index (χ2n) is 7.59. The Bertz CT molecular complexity index is 1370. The molecule has 0 bridgehead atoms. The lowest BCUT2D eigenvalue weighted by atomic mass is 10.2. The molecule has 3 rings (SSSR count). The van der Waals surface area contributed by atoms with Crippen LogP contribution in [0.1, 0.15) is 24.2 Å². The molecule has 0 atom stereocenters. The maximum atomic E-state index is 12.8. The summed E-state index contributed by atoms with van der Waals surface area (Å²) in [6.07, 6.45) is 0. The fraction of sp³-hybridized carbons (Fsp3) is 0.174. The van der Waals surface area contributed by atoms with E-state index in [1.807, 2.05) is 0 Å². The van der Waals surface area contributed by atoms with Gasteiger partial charge in [0.15, 0.2) is 0 Å². The van der Waals surface area contributed by atoms with Crippen molar-refractivity contribution < 1.29 is 26.4 Å². The van der Waals surface area contributed by atoms with Crippen LogP contribution in [0.15, 0.2) is 82.6 Å². The zero-order chi connectivity index (χ0) is 24.9.